The van der Waals surface area contributed by atoms with E-state index in [0.29, 0.717) is 23.0 Å². The van der Waals surface area contributed by atoms with E-state index in [1.165, 1.54) is 5.56 Å². The van der Waals surface area contributed by atoms with Crippen LogP contribution in [-0.2, 0) is 16.8 Å². The van der Waals surface area contributed by atoms with Gasteiger partial charge in [0.2, 0.25) is 0 Å². The van der Waals surface area contributed by atoms with Gasteiger partial charge in [-0.1, -0.05) is 48.0 Å². The van der Waals surface area contributed by atoms with E-state index in [0.717, 1.165) is 25.1 Å². The summed E-state index contributed by atoms with van der Waals surface area (Å²) in [7, 11) is 0. The predicted octanol–water partition coefficient (Wildman–Crippen LogP) is 3.35. The van der Waals surface area contributed by atoms with E-state index in [2.05, 4.69) is 17.4 Å². The van der Waals surface area contributed by atoms with E-state index in [1.807, 2.05) is 12.1 Å². The first-order valence-corrected chi connectivity index (χ1v) is 8.28. The smallest absolute Gasteiger partial charge is 0.167 e. The zero-order valence-corrected chi connectivity index (χ0v) is 13.5. The molecule has 2 aromatic carbocycles. The van der Waals surface area contributed by atoms with Gasteiger partial charge in [0.25, 0.3) is 0 Å². The van der Waals surface area contributed by atoms with Gasteiger partial charge in [-0.15, -0.1) is 0 Å². The van der Waals surface area contributed by atoms with Crippen molar-refractivity contribution in [2.45, 2.75) is 24.5 Å². The highest BCUT2D eigenvalue weighted by atomic mass is 35.5. The monoisotopic (exact) mass is 327 g/mol. The minimum absolute atomic E-state index is 0.0816. The highest BCUT2D eigenvalue weighted by Gasteiger charge is 2.47. The van der Waals surface area contributed by atoms with Crippen molar-refractivity contribution in [3.63, 3.8) is 0 Å². The van der Waals surface area contributed by atoms with E-state index < -0.39 is 0 Å². The number of nitrogens with one attached hydrogen (secondary N) is 1. The second-order valence-corrected chi connectivity index (χ2v) is 6.83. The highest BCUT2D eigenvalue weighted by molar-refractivity contribution is 6.31. The summed E-state index contributed by atoms with van der Waals surface area (Å²) in [5.41, 5.74) is 2.70. The van der Waals surface area contributed by atoms with Gasteiger partial charge < -0.3 is 10.1 Å². The lowest BCUT2D eigenvalue weighted by atomic mass is 9.91. The molecule has 1 N–H and O–H groups in total. The topological polar surface area (TPSA) is 38.3 Å². The molecule has 118 valence electrons. The summed E-state index contributed by atoms with van der Waals surface area (Å²) in [4.78, 5) is 12.3. The van der Waals surface area contributed by atoms with Crippen LogP contribution in [0.25, 0.3) is 0 Å². The number of hydrogen-bond donors (Lipinski definition) is 1. The molecule has 0 unspecified atom stereocenters. The molecule has 2 aromatic rings. The van der Waals surface area contributed by atoms with Gasteiger partial charge in [-0.2, -0.15) is 0 Å². The SMILES string of the molecule is O=C(Cc1ccc([C@]23CN[C@H](CO2)C3)cc1)c1cccc(Cl)c1. The van der Waals surface area contributed by atoms with E-state index in [1.54, 1.807) is 24.3 Å². The largest absolute Gasteiger partial charge is 0.367 e. The average Bonchev–Trinajstić information content (AvgIpc) is 3.17. The molecule has 2 bridgehead atoms. The summed E-state index contributed by atoms with van der Waals surface area (Å²) in [6, 6.07) is 15.8. The van der Waals surface area contributed by atoms with Crippen LogP contribution in [-0.4, -0.2) is 25.0 Å². The zero-order valence-electron chi connectivity index (χ0n) is 12.7. The van der Waals surface area contributed by atoms with E-state index in [-0.39, 0.29) is 11.4 Å². The van der Waals surface area contributed by atoms with Crippen molar-refractivity contribution in [2.75, 3.05) is 13.2 Å². The Balaban J connectivity index is 1.49. The quantitative estimate of drug-likeness (QED) is 0.875. The lowest BCUT2D eigenvalue weighted by Crippen LogP contribution is -2.37. The molecule has 4 rings (SSSR count). The summed E-state index contributed by atoms with van der Waals surface area (Å²) in [5, 5.41) is 4.07. The van der Waals surface area contributed by atoms with Crippen LogP contribution in [0, 0.1) is 0 Å². The minimum atomic E-state index is -0.167. The molecule has 2 aliphatic heterocycles. The highest BCUT2D eigenvalue weighted by Crippen LogP contribution is 2.40. The van der Waals surface area contributed by atoms with Crippen LogP contribution >= 0.6 is 11.6 Å². The Hall–Kier alpha value is -1.68. The minimum Gasteiger partial charge on any atom is -0.367 e. The van der Waals surface area contributed by atoms with Crippen LogP contribution in [0.3, 0.4) is 0 Å². The van der Waals surface area contributed by atoms with Crippen LogP contribution in [0.5, 0.6) is 0 Å². The Morgan fingerprint density at radius 1 is 1.26 bits per heavy atom. The first-order chi connectivity index (χ1) is 11.1. The molecule has 0 radical (unpaired) electrons. The van der Waals surface area contributed by atoms with Crippen LogP contribution in [0.2, 0.25) is 5.02 Å². The summed E-state index contributed by atoms with van der Waals surface area (Å²) in [6.45, 7) is 1.66. The molecule has 4 heteroatoms. The first-order valence-electron chi connectivity index (χ1n) is 7.90. The second kappa shape index (κ2) is 5.75. The summed E-state index contributed by atoms with van der Waals surface area (Å²) in [5.74, 6) is 0.0816. The van der Waals surface area contributed by atoms with Crippen molar-refractivity contribution >= 4 is 17.4 Å². The maximum Gasteiger partial charge on any atom is 0.167 e. The molecule has 2 aliphatic rings. The number of morpholine rings is 1. The third kappa shape index (κ3) is 2.80. The van der Waals surface area contributed by atoms with Crippen LogP contribution in [0.1, 0.15) is 27.9 Å². The van der Waals surface area contributed by atoms with Crippen molar-refractivity contribution in [3.8, 4) is 0 Å². The van der Waals surface area contributed by atoms with Crippen molar-refractivity contribution in [3.05, 3.63) is 70.2 Å². The molecule has 0 spiro atoms. The molecule has 0 amide bonds. The maximum absolute atomic E-state index is 12.3. The Morgan fingerprint density at radius 2 is 2.09 bits per heavy atom. The Bertz CT molecular complexity index is 733. The van der Waals surface area contributed by atoms with Gasteiger partial charge in [0.1, 0.15) is 5.60 Å². The lowest BCUT2D eigenvalue weighted by molar-refractivity contribution is -0.00959. The van der Waals surface area contributed by atoms with E-state index >= 15 is 0 Å². The first kappa shape index (κ1) is 14.9. The van der Waals surface area contributed by atoms with Gasteiger partial charge in [-0.05, 0) is 29.7 Å². The van der Waals surface area contributed by atoms with Gasteiger partial charge in [-0.25, -0.2) is 0 Å². The molecule has 3 nitrogen and oxygen atoms in total. The van der Waals surface area contributed by atoms with Gasteiger partial charge in [0, 0.05) is 29.6 Å². The zero-order chi connectivity index (χ0) is 15.9. The average molecular weight is 328 g/mol. The number of Topliss-reactive ketones (excluding diaryl/α,β-unsaturated/α-hetero) is 1. The van der Waals surface area contributed by atoms with Crippen molar-refractivity contribution in [1.29, 1.82) is 0 Å². The number of hydrogen-bond acceptors (Lipinski definition) is 3. The van der Waals surface area contributed by atoms with E-state index in [9.17, 15) is 4.79 Å². The predicted molar refractivity (Wildman–Crippen MR) is 90.0 cm³/mol. The molecule has 2 saturated heterocycles. The third-order valence-electron chi connectivity index (χ3n) is 4.80. The van der Waals surface area contributed by atoms with Crippen LogP contribution in [0.4, 0.5) is 0 Å². The molecular weight excluding hydrogens is 310 g/mol. The molecule has 2 atom stereocenters. The van der Waals surface area contributed by atoms with Crippen molar-refractivity contribution in [1.82, 2.24) is 5.32 Å². The molecule has 2 heterocycles. The van der Waals surface area contributed by atoms with Gasteiger partial charge in [-0.3, -0.25) is 4.79 Å². The fourth-order valence-electron chi connectivity index (χ4n) is 3.52. The number of ether oxygens (including phenoxy) is 1. The van der Waals surface area contributed by atoms with Crippen LogP contribution in [0.15, 0.2) is 48.5 Å². The number of halogens is 1. The number of benzene rings is 2. The third-order valence-corrected chi connectivity index (χ3v) is 5.04. The number of carbonyl (C=O) groups excluding carboxylic acids is 1. The molecule has 0 aliphatic carbocycles. The summed E-state index contributed by atoms with van der Waals surface area (Å²) < 4.78 is 5.98. The van der Waals surface area contributed by atoms with E-state index in [4.69, 9.17) is 16.3 Å². The number of carbonyl (C=O) groups is 1. The van der Waals surface area contributed by atoms with Gasteiger partial charge in [0.05, 0.1) is 6.61 Å². The summed E-state index contributed by atoms with van der Waals surface area (Å²) in [6.07, 6.45) is 1.42. The Labute approximate surface area is 140 Å². The maximum atomic E-state index is 12.3. The summed E-state index contributed by atoms with van der Waals surface area (Å²) >= 11 is 5.95. The standard InChI is InChI=1S/C19H18ClNO2/c20-16-3-1-2-14(9-16)18(22)8-13-4-6-15(7-5-13)19-10-17(11-23-19)21-12-19/h1-7,9,17,21H,8,10-12H2/t17-,19-/m0/s1. The van der Waals surface area contributed by atoms with Crippen molar-refractivity contribution < 1.29 is 9.53 Å². The number of ketones is 1. The normalized spacial score (nSPS) is 25.7. The number of rotatable bonds is 4. The fraction of sp³-hybridized carbons (Fsp3) is 0.316. The Morgan fingerprint density at radius 3 is 2.70 bits per heavy atom. The second-order valence-electron chi connectivity index (χ2n) is 6.39. The lowest BCUT2D eigenvalue weighted by Gasteiger charge is -2.27. The van der Waals surface area contributed by atoms with Crippen LogP contribution < -0.4 is 5.32 Å². The molecule has 23 heavy (non-hydrogen) atoms. The fourth-order valence-corrected chi connectivity index (χ4v) is 3.71. The molecule has 0 aromatic heterocycles. The molecule has 2 fully saturated rings. The molecule has 0 saturated carbocycles. The number of fused-ring (bicyclic) bond motifs is 2. The molecular formula is C19H18ClNO2. The Kier molecular flexibility index (Phi) is 3.72. The van der Waals surface area contributed by atoms with Crippen molar-refractivity contribution in [2.24, 2.45) is 0 Å². The van der Waals surface area contributed by atoms with Gasteiger partial charge in [0.15, 0.2) is 5.78 Å². The van der Waals surface area contributed by atoms with Gasteiger partial charge >= 0.3 is 0 Å².